The van der Waals surface area contributed by atoms with Gasteiger partial charge < -0.3 is 20.3 Å². The second-order valence-electron chi connectivity index (χ2n) is 6.97. The first-order valence-corrected chi connectivity index (χ1v) is 9.20. The van der Waals surface area contributed by atoms with Crippen LogP contribution in [0.5, 0.6) is 0 Å². The van der Waals surface area contributed by atoms with Gasteiger partial charge in [0.1, 0.15) is 5.82 Å². The molecule has 0 bridgehead atoms. The predicted molar refractivity (Wildman–Crippen MR) is 104 cm³/mol. The Hall–Kier alpha value is -2.60. The van der Waals surface area contributed by atoms with Gasteiger partial charge in [0, 0.05) is 32.9 Å². The summed E-state index contributed by atoms with van der Waals surface area (Å²) in [5.74, 6) is -0.296. The molecule has 2 N–H and O–H groups in total. The number of anilines is 1. The number of halogens is 1. The average Bonchev–Trinajstić information content (AvgIpc) is 3.20. The number of benzene rings is 2. The maximum absolute atomic E-state index is 13.2. The summed E-state index contributed by atoms with van der Waals surface area (Å²) < 4.78 is 19.0. The summed E-state index contributed by atoms with van der Waals surface area (Å²) in [7, 11) is 3.97. The molecule has 144 valence electrons. The van der Waals surface area contributed by atoms with Crippen LogP contribution in [-0.4, -0.2) is 32.8 Å². The number of hydrogen-bond donors (Lipinski definition) is 2. The van der Waals surface area contributed by atoms with Gasteiger partial charge in [-0.3, -0.25) is 0 Å². The van der Waals surface area contributed by atoms with Crippen molar-refractivity contribution in [2.75, 3.05) is 25.6 Å². The molecule has 1 saturated heterocycles. The molecule has 1 fully saturated rings. The third-order valence-electron chi connectivity index (χ3n) is 4.76. The van der Waals surface area contributed by atoms with Gasteiger partial charge in [-0.05, 0) is 48.2 Å². The van der Waals surface area contributed by atoms with E-state index in [0.29, 0.717) is 13.2 Å². The van der Waals surface area contributed by atoms with Crippen LogP contribution in [0.3, 0.4) is 0 Å². The van der Waals surface area contributed by atoms with Crippen molar-refractivity contribution in [3.05, 3.63) is 65.5 Å². The molecule has 2 aromatic carbocycles. The Labute approximate surface area is 159 Å². The summed E-state index contributed by atoms with van der Waals surface area (Å²) in [5.41, 5.74) is 2.97. The second kappa shape index (κ2) is 8.86. The van der Waals surface area contributed by atoms with Crippen LogP contribution in [-0.2, 0) is 11.3 Å². The van der Waals surface area contributed by atoms with E-state index in [1.807, 2.05) is 43.3 Å². The lowest BCUT2D eigenvalue weighted by Gasteiger charge is -2.25. The molecule has 0 aromatic heterocycles. The Morgan fingerprint density at radius 1 is 1.19 bits per heavy atom. The van der Waals surface area contributed by atoms with Crippen LogP contribution in [0.1, 0.15) is 30.0 Å². The summed E-state index contributed by atoms with van der Waals surface area (Å²) in [5, 5.41) is 5.88. The molecule has 0 spiro atoms. The Morgan fingerprint density at radius 3 is 2.48 bits per heavy atom. The molecule has 2 amide bonds. The maximum atomic E-state index is 13.2. The van der Waals surface area contributed by atoms with Crippen molar-refractivity contribution in [2.24, 2.45) is 0 Å². The van der Waals surface area contributed by atoms with Crippen LogP contribution in [0.25, 0.3) is 0 Å². The minimum atomic E-state index is -0.302. The van der Waals surface area contributed by atoms with E-state index in [0.717, 1.165) is 29.7 Å². The molecule has 2 atom stereocenters. The molecular weight excluding hydrogens is 345 g/mol. The van der Waals surface area contributed by atoms with Crippen LogP contribution >= 0.6 is 0 Å². The van der Waals surface area contributed by atoms with Gasteiger partial charge in [-0.2, -0.15) is 0 Å². The Bertz CT molecular complexity index is 741. The van der Waals surface area contributed by atoms with Crippen molar-refractivity contribution >= 4 is 11.7 Å². The van der Waals surface area contributed by atoms with E-state index < -0.39 is 0 Å². The van der Waals surface area contributed by atoms with Crippen molar-refractivity contribution in [3.63, 3.8) is 0 Å². The number of amides is 2. The van der Waals surface area contributed by atoms with Crippen molar-refractivity contribution in [1.29, 1.82) is 0 Å². The topological polar surface area (TPSA) is 53.6 Å². The molecule has 3 rings (SSSR count). The first-order chi connectivity index (χ1) is 13.0. The molecule has 2 unspecified atom stereocenters. The largest absolute Gasteiger partial charge is 0.378 e. The van der Waals surface area contributed by atoms with E-state index in [1.54, 1.807) is 12.1 Å². The van der Waals surface area contributed by atoms with E-state index in [-0.39, 0.29) is 24.0 Å². The van der Waals surface area contributed by atoms with Crippen LogP contribution in [0.4, 0.5) is 14.9 Å². The van der Waals surface area contributed by atoms with Crippen LogP contribution in [0.2, 0.25) is 0 Å². The maximum Gasteiger partial charge on any atom is 0.315 e. The zero-order valence-electron chi connectivity index (χ0n) is 15.7. The lowest BCUT2D eigenvalue weighted by molar-refractivity contribution is 0.0807. The average molecular weight is 371 g/mol. The second-order valence-corrected chi connectivity index (χ2v) is 6.97. The van der Waals surface area contributed by atoms with E-state index in [9.17, 15) is 9.18 Å². The lowest BCUT2D eigenvalue weighted by atomic mass is 9.99. The Balaban J connectivity index is 1.61. The third-order valence-corrected chi connectivity index (χ3v) is 4.76. The van der Waals surface area contributed by atoms with Gasteiger partial charge in [0.25, 0.3) is 0 Å². The molecule has 0 aliphatic carbocycles. The minimum Gasteiger partial charge on any atom is -0.378 e. The number of nitrogens with zero attached hydrogens (tertiary/aromatic N) is 1. The van der Waals surface area contributed by atoms with Crippen molar-refractivity contribution in [2.45, 2.75) is 31.5 Å². The highest BCUT2D eigenvalue weighted by molar-refractivity contribution is 5.74. The minimum absolute atomic E-state index is 0.0967. The standard InChI is InChI=1S/C21H26FN3O2/c1-25(2)18-11-5-15(6-12-18)14-23-21(26)24-20(19-4-3-13-27-19)16-7-9-17(22)10-8-16/h5-12,19-20H,3-4,13-14H2,1-2H3,(H2,23,24,26). The van der Waals surface area contributed by atoms with Gasteiger partial charge in [0.05, 0.1) is 12.1 Å². The lowest BCUT2D eigenvalue weighted by Crippen LogP contribution is -2.42. The SMILES string of the molecule is CN(C)c1ccc(CNC(=O)NC(c2ccc(F)cc2)C2CCCO2)cc1. The highest BCUT2D eigenvalue weighted by Crippen LogP contribution is 2.27. The van der Waals surface area contributed by atoms with Gasteiger partial charge in [-0.1, -0.05) is 24.3 Å². The molecule has 1 aliphatic rings. The van der Waals surface area contributed by atoms with Gasteiger partial charge in [0.15, 0.2) is 0 Å². The number of carbonyl (C=O) groups excluding carboxylic acids is 1. The van der Waals surface area contributed by atoms with Crippen LogP contribution < -0.4 is 15.5 Å². The number of nitrogens with one attached hydrogen (secondary N) is 2. The number of hydrogen-bond acceptors (Lipinski definition) is 3. The first-order valence-electron chi connectivity index (χ1n) is 9.20. The number of rotatable bonds is 6. The highest BCUT2D eigenvalue weighted by atomic mass is 19.1. The van der Waals surface area contributed by atoms with E-state index >= 15 is 0 Å². The fraction of sp³-hybridized carbons (Fsp3) is 0.381. The molecule has 27 heavy (non-hydrogen) atoms. The first kappa shape index (κ1) is 19.2. The fourth-order valence-electron chi connectivity index (χ4n) is 3.21. The molecule has 2 aromatic rings. The Kier molecular flexibility index (Phi) is 6.29. The normalized spacial score (nSPS) is 17.4. The van der Waals surface area contributed by atoms with Crippen molar-refractivity contribution < 1.29 is 13.9 Å². The third kappa shape index (κ3) is 5.20. The number of ether oxygens (including phenoxy) is 1. The van der Waals surface area contributed by atoms with Crippen LogP contribution in [0.15, 0.2) is 48.5 Å². The highest BCUT2D eigenvalue weighted by Gasteiger charge is 2.28. The zero-order valence-corrected chi connectivity index (χ0v) is 15.7. The van der Waals surface area contributed by atoms with Gasteiger partial charge in [-0.25, -0.2) is 9.18 Å². The molecule has 1 heterocycles. The summed E-state index contributed by atoms with van der Waals surface area (Å²) in [6.45, 7) is 1.12. The smallest absolute Gasteiger partial charge is 0.315 e. The molecule has 0 saturated carbocycles. The zero-order chi connectivity index (χ0) is 19.2. The summed E-state index contributed by atoms with van der Waals surface area (Å²) in [4.78, 5) is 14.5. The predicted octanol–water partition coefficient (Wildman–Crippen LogP) is 3.61. The molecule has 1 aliphatic heterocycles. The summed E-state index contributed by atoms with van der Waals surface area (Å²) >= 11 is 0. The number of urea groups is 1. The fourth-order valence-corrected chi connectivity index (χ4v) is 3.21. The quantitative estimate of drug-likeness (QED) is 0.816. The van der Waals surface area contributed by atoms with Crippen molar-refractivity contribution in [1.82, 2.24) is 10.6 Å². The van der Waals surface area contributed by atoms with Gasteiger partial charge in [-0.15, -0.1) is 0 Å². The summed E-state index contributed by atoms with van der Waals surface area (Å²) in [6, 6.07) is 13.7. The summed E-state index contributed by atoms with van der Waals surface area (Å²) in [6.07, 6.45) is 1.73. The van der Waals surface area contributed by atoms with E-state index in [4.69, 9.17) is 4.74 Å². The number of carbonyl (C=O) groups is 1. The van der Waals surface area contributed by atoms with Crippen molar-refractivity contribution in [3.8, 4) is 0 Å². The van der Waals surface area contributed by atoms with Gasteiger partial charge >= 0.3 is 6.03 Å². The molecule has 6 heteroatoms. The molecular formula is C21H26FN3O2. The molecule has 0 radical (unpaired) electrons. The van der Waals surface area contributed by atoms with Crippen LogP contribution in [0, 0.1) is 5.82 Å². The Morgan fingerprint density at radius 2 is 1.89 bits per heavy atom. The van der Waals surface area contributed by atoms with Gasteiger partial charge in [0.2, 0.25) is 0 Å². The molecule has 5 nitrogen and oxygen atoms in total. The monoisotopic (exact) mass is 371 g/mol. The van der Waals surface area contributed by atoms with E-state index in [2.05, 4.69) is 10.6 Å². The van der Waals surface area contributed by atoms with E-state index in [1.165, 1.54) is 12.1 Å².